The van der Waals surface area contributed by atoms with Crippen LogP contribution in [0.1, 0.15) is 22.1 Å². The van der Waals surface area contributed by atoms with E-state index >= 15 is 0 Å². The van der Waals surface area contributed by atoms with Crippen molar-refractivity contribution in [2.45, 2.75) is 13.5 Å². The van der Waals surface area contributed by atoms with Crippen molar-refractivity contribution in [1.82, 2.24) is 20.1 Å². The monoisotopic (exact) mass is 393 g/mol. The molecule has 0 fully saturated rings. The van der Waals surface area contributed by atoms with Crippen LogP contribution in [0.25, 0.3) is 10.6 Å². The minimum atomic E-state index is -0.318. The van der Waals surface area contributed by atoms with Crippen LogP contribution >= 0.6 is 11.3 Å². The Balaban J connectivity index is 1.47. The van der Waals surface area contributed by atoms with E-state index in [2.05, 4.69) is 25.4 Å². The average Bonchev–Trinajstić information content (AvgIpc) is 3.36. The van der Waals surface area contributed by atoms with Gasteiger partial charge in [-0.1, -0.05) is 34.7 Å². The number of aryl methyl sites for hydroxylation is 1. The first kappa shape index (κ1) is 17.8. The Bertz CT molecular complexity index is 1090. The Labute approximate surface area is 164 Å². The highest BCUT2D eigenvalue weighted by Gasteiger charge is 2.15. The summed E-state index contributed by atoms with van der Waals surface area (Å²) in [6, 6.07) is 12.6. The molecule has 0 aliphatic rings. The van der Waals surface area contributed by atoms with E-state index in [9.17, 15) is 4.79 Å². The normalized spacial score (nSPS) is 10.6. The Hall–Kier alpha value is -3.59. The molecular weight excluding hydrogens is 378 g/mol. The highest BCUT2D eigenvalue weighted by Crippen LogP contribution is 2.28. The van der Waals surface area contributed by atoms with E-state index in [0.29, 0.717) is 28.2 Å². The largest absolute Gasteiger partial charge is 0.485 e. The molecule has 140 valence electrons. The van der Waals surface area contributed by atoms with Gasteiger partial charge in [-0.3, -0.25) is 15.1 Å². The molecule has 0 aliphatic carbocycles. The van der Waals surface area contributed by atoms with Gasteiger partial charge >= 0.3 is 0 Å². The van der Waals surface area contributed by atoms with Gasteiger partial charge in [0.1, 0.15) is 5.75 Å². The van der Waals surface area contributed by atoms with Gasteiger partial charge in [0.05, 0.1) is 16.1 Å². The number of para-hydroxylation sites is 1. The molecule has 8 nitrogen and oxygen atoms in total. The number of hydrogen-bond acceptors (Lipinski definition) is 8. The van der Waals surface area contributed by atoms with Crippen LogP contribution in [0.2, 0.25) is 0 Å². The van der Waals surface area contributed by atoms with Gasteiger partial charge in [-0.25, -0.2) is 4.98 Å². The van der Waals surface area contributed by atoms with Crippen LogP contribution in [0.5, 0.6) is 5.75 Å². The third-order valence-corrected chi connectivity index (χ3v) is 4.64. The summed E-state index contributed by atoms with van der Waals surface area (Å²) < 4.78 is 10.6. The zero-order valence-corrected chi connectivity index (χ0v) is 15.6. The SMILES string of the molecule is Cc1nc(COc2ccccc2C(=O)Nc2ncc(-c3ccccn3)s2)no1. The molecule has 0 saturated carbocycles. The van der Waals surface area contributed by atoms with Crippen LogP contribution in [-0.4, -0.2) is 26.0 Å². The highest BCUT2D eigenvalue weighted by molar-refractivity contribution is 7.19. The van der Waals surface area contributed by atoms with Crippen LogP contribution in [0.3, 0.4) is 0 Å². The molecule has 1 aromatic carbocycles. The maximum absolute atomic E-state index is 12.7. The second-order valence-corrected chi connectivity index (χ2v) is 6.74. The lowest BCUT2D eigenvalue weighted by molar-refractivity contribution is 0.102. The first-order valence-electron chi connectivity index (χ1n) is 8.38. The predicted octanol–water partition coefficient (Wildman–Crippen LogP) is 3.73. The van der Waals surface area contributed by atoms with Crippen LogP contribution in [0, 0.1) is 6.92 Å². The fourth-order valence-corrected chi connectivity index (χ4v) is 3.23. The molecule has 1 amide bonds. The Morgan fingerprint density at radius 1 is 1.18 bits per heavy atom. The van der Waals surface area contributed by atoms with Gasteiger partial charge in [0.2, 0.25) is 11.7 Å². The van der Waals surface area contributed by atoms with Gasteiger partial charge in [0.25, 0.3) is 5.91 Å². The summed E-state index contributed by atoms with van der Waals surface area (Å²) in [6.07, 6.45) is 3.40. The summed E-state index contributed by atoms with van der Waals surface area (Å²) in [5, 5.41) is 7.06. The quantitative estimate of drug-likeness (QED) is 0.532. The Kier molecular flexibility index (Phi) is 5.07. The molecule has 3 aromatic heterocycles. The lowest BCUT2D eigenvalue weighted by Gasteiger charge is -2.09. The van der Waals surface area contributed by atoms with Crippen LogP contribution < -0.4 is 10.1 Å². The molecule has 1 N–H and O–H groups in total. The van der Waals surface area contributed by atoms with Gasteiger partial charge in [0, 0.05) is 19.3 Å². The number of amides is 1. The molecule has 0 unspecified atom stereocenters. The third kappa shape index (κ3) is 4.04. The smallest absolute Gasteiger partial charge is 0.261 e. The zero-order chi connectivity index (χ0) is 19.3. The van der Waals surface area contributed by atoms with Crippen molar-refractivity contribution in [2.24, 2.45) is 0 Å². The standard InChI is InChI=1S/C19H15N5O3S/c1-12-22-17(24-27-12)11-26-15-8-3-2-6-13(15)18(25)23-19-21-10-16(28-19)14-7-4-5-9-20-14/h2-10H,11H2,1H3,(H,21,23,25). The minimum absolute atomic E-state index is 0.0999. The molecule has 0 spiro atoms. The molecule has 0 atom stereocenters. The Morgan fingerprint density at radius 3 is 2.82 bits per heavy atom. The summed E-state index contributed by atoms with van der Waals surface area (Å²) in [5.74, 6) is 0.968. The van der Waals surface area contributed by atoms with E-state index in [-0.39, 0.29) is 12.5 Å². The number of thiazole rings is 1. The summed E-state index contributed by atoms with van der Waals surface area (Å²) in [6.45, 7) is 1.80. The Morgan fingerprint density at radius 2 is 2.04 bits per heavy atom. The van der Waals surface area contributed by atoms with E-state index in [4.69, 9.17) is 9.26 Å². The number of nitrogens with one attached hydrogen (secondary N) is 1. The van der Waals surface area contributed by atoms with E-state index in [1.807, 2.05) is 18.2 Å². The number of benzene rings is 1. The lowest BCUT2D eigenvalue weighted by Crippen LogP contribution is -2.13. The van der Waals surface area contributed by atoms with Gasteiger partial charge in [-0.15, -0.1) is 0 Å². The molecule has 0 radical (unpaired) electrons. The molecule has 4 aromatic rings. The summed E-state index contributed by atoms with van der Waals surface area (Å²) in [4.78, 5) is 26.2. The number of aromatic nitrogens is 4. The number of hydrogen-bond donors (Lipinski definition) is 1. The number of ether oxygens (including phenoxy) is 1. The number of carbonyl (C=O) groups is 1. The predicted molar refractivity (Wildman–Crippen MR) is 103 cm³/mol. The number of nitrogens with zero attached hydrogens (tertiary/aromatic N) is 4. The van der Waals surface area contributed by atoms with Crippen LogP contribution in [0.15, 0.2) is 59.4 Å². The molecule has 3 heterocycles. The van der Waals surface area contributed by atoms with Crippen molar-refractivity contribution < 1.29 is 14.1 Å². The maximum Gasteiger partial charge on any atom is 0.261 e. The maximum atomic E-state index is 12.7. The van der Waals surface area contributed by atoms with Gasteiger partial charge < -0.3 is 9.26 Å². The second kappa shape index (κ2) is 7.97. The van der Waals surface area contributed by atoms with Crippen molar-refractivity contribution in [1.29, 1.82) is 0 Å². The van der Waals surface area contributed by atoms with Crippen molar-refractivity contribution in [3.8, 4) is 16.3 Å². The third-order valence-electron chi connectivity index (χ3n) is 3.70. The van der Waals surface area contributed by atoms with Crippen molar-refractivity contribution in [2.75, 3.05) is 5.32 Å². The summed E-state index contributed by atoms with van der Waals surface area (Å²) in [5.41, 5.74) is 1.19. The van der Waals surface area contributed by atoms with Crippen LogP contribution in [-0.2, 0) is 6.61 Å². The first-order chi connectivity index (χ1) is 13.7. The number of anilines is 1. The number of carbonyl (C=O) groups excluding carboxylic acids is 1. The number of rotatable bonds is 6. The molecule has 0 bridgehead atoms. The molecule has 0 aliphatic heterocycles. The summed E-state index contributed by atoms with van der Waals surface area (Å²) in [7, 11) is 0. The van der Waals surface area contributed by atoms with Gasteiger partial charge in [-0.05, 0) is 24.3 Å². The molecule has 9 heteroatoms. The highest BCUT2D eigenvalue weighted by atomic mass is 32.1. The molecule has 0 saturated heterocycles. The van der Waals surface area contributed by atoms with E-state index < -0.39 is 0 Å². The van der Waals surface area contributed by atoms with Crippen molar-refractivity contribution in [3.05, 3.63) is 72.1 Å². The van der Waals surface area contributed by atoms with Crippen LogP contribution in [0.4, 0.5) is 5.13 Å². The van der Waals surface area contributed by atoms with Gasteiger partial charge in [0.15, 0.2) is 11.7 Å². The second-order valence-electron chi connectivity index (χ2n) is 5.71. The molecule has 28 heavy (non-hydrogen) atoms. The lowest BCUT2D eigenvalue weighted by atomic mass is 10.2. The fraction of sp³-hybridized carbons (Fsp3) is 0.105. The van der Waals surface area contributed by atoms with E-state index in [0.717, 1.165) is 10.6 Å². The number of pyridine rings is 1. The first-order valence-corrected chi connectivity index (χ1v) is 9.20. The molecular formula is C19H15N5O3S. The molecule has 4 rings (SSSR count). The summed E-state index contributed by atoms with van der Waals surface area (Å²) >= 11 is 1.35. The minimum Gasteiger partial charge on any atom is -0.485 e. The van der Waals surface area contributed by atoms with Gasteiger partial charge in [-0.2, -0.15) is 4.98 Å². The van der Waals surface area contributed by atoms with Crippen molar-refractivity contribution >= 4 is 22.4 Å². The van der Waals surface area contributed by atoms with E-state index in [1.165, 1.54) is 11.3 Å². The average molecular weight is 393 g/mol. The van der Waals surface area contributed by atoms with E-state index in [1.54, 1.807) is 43.6 Å². The topological polar surface area (TPSA) is 103 Å². The fourth-order valence-electron chi connectivity index (χ4n) is 2.45. The zero-order valence-electron chi connectivity index (χ0n) is 14.8. The van der Waals surface area contributed by atoms with Crippen molar-refractivity contribution in [3.63, 3.8) is 0 Å².